The van der Waals surface area contributed by atoms with Crippen LogP contribution >= 0.6 is 0 Å². The first-order valence-corrected chi connectivity index (χ1v) is 10.4. The van der Waals surface area contributed by atoms with Gasteiger partial charge < -0.3 is 19.2 Å². The van der Waals surface area contributed by atoms with Crippen molar-refractivity contribution in [2.75, 3.05) is 13.2 Å². The van der Waals surface area contributed by atoms with Crippen LogP contribution in [0.3, 0.4) is 0 Å². The van der Waals surface area contributed by atoms with Crippen LogP contribution in [0.2, 0.25) is 0 Å². The summed E-state index contributed by atoms with van der Waals surface area (Å²) < 4.78 is 16.6. The summed E-state index contributed by atoms with van der Waals surface area (Å²) in [5.74, 6) is -1.61. The van der Waals surface area contributed by atoms with E-state index in [0.717, 1.165) is 0 Å². The third-order valence-corrected chi connectivity index (χ3v) is 5.12. The fourth-order valence-electron chi connectivity index (χ4n) is 3.68. The van der Waals surface area contributed by atoms with Crippen molar-refractivity contribution in [1.82, 2.24) is 5.32 Å². The van der Waals surface area contributed by atoms with Crippen molar-refractivity contribution in [3.8, 4) is 11.3 Å². The molecule has 0 radical (unpaired) electrons. The summed E-state index contributed by atoms with van der Waals surface area (Å²) in [6.07, 6.45) is 2.87. The second-order valence-corrected chi connectivity index (χ2v) is 7.42. The van der Waals surface area contributed by atoms with Crippen molar-refractivity contribution in [3.05, 3.63) is 100 Å². The number of allylic oxidation sites excluding steroid dienone is 2. The van der Waals surface area contributed by atoms with Gasteiger partial charge in [-0.3, -0.25) is 10.1 Å². The molecular formula is C25H24N2O7. The number of nitrogens with one attached hydrogen (secondary N) is 1. The Labute approximate surface area is 196 Å². The zero-order valence-electron chi connectivity index (χ0n) is 18.8. The van der Waals surface area contributed by atoms with Crippen LogP contribution in [-0.2, 0) is 19.1 Å². The van der Waals surface area contributed by atoms with E-state index in [4.69, 9.17) is 13.9 Å². The average Bonchev–Trinajstić information content (AvgIpc) is 3.30. The molecule has 0 aliphatic carbocycles. The first-order chi connectivity index (χ1) is 16.3. The second-order valence-electron chi connectivity index (χ2n) is 7.42. The summed E-state index contributed by atoms with van der Waals surface area (Å²) in [6.45, 7) is 10.5. The van der Waals surface area contributed by atoms with Gasteiger partial charge in [-0.15, -0.1) is 0 Å². The molecular weight excluding hydrogens is 440 g/mol. The largest absolute Gasteiger partial charge is 0.460 e. The van der Waals surface area contributed by atoms with E-state index in [0.29, 0.717) is 22.7 Å². The van der Waals surface area contributed by atoms with E-state index in [-0.39, 0.29) is 35.8 Å². The van der Waals surface area contributed by atoms with Crippen LogP contribution in [0.15, 0.2) is 88.7 Å². The molecule has 0 bridgehead atoms. The van der Waals surface area contributed by atoms with Crippen LogP contribution in [0.25, 0.3) is 11.3 Å². The first kappa shape index (κ1) is 24.2. The third-order valence-electron chi connectivity index (χ3n) is 5.12. The second kappa shape index (κ2) is 10.5. The van der Waals surface area contributed by atoms with Gasteiger partial charge in [-0.2, -0.15) is 0 Å². The number of hydrogen-bond acceptors (Lipinski definition) is 8. The quantitative estimate of drug-likeness (QED) is 0.248. The van der Waals surface area contributed by atoms with E-state index in [1.54, 1.807) is 38.1 Å². The highest BCUT2D eigenvalue weighted by atomic mass is 16.6. The van der Waals surface area contributed by atoms with E-state index >= 15 is 0 Å². The molecule has 34 heavy (non-hydrogen) atoms. The van der Waals surface area contributed by atoms with Crippen LogP contribution in [0, 0.1) is 10.1 Å². The van der Waals surface area contributed by atoms with Gasteiger partial charge in [-0.1, -0.05) is 37.4 Å². The molecule has 0 saturated carbocycles. The Kier molecular flexibility index (Phi) is 7.47. The lowest BCUT2D eigenvalue weighted by Crippen LogP contribution is -2.32. The van der Waals surface area contributed by atoms with Gasteiger partial charge in [0, 0.05) is 29.1 Å². The van der Waals surface area contributed by atoms with E-state index in [9.17, 15) is 19.7 Å². The minimum absolute atomic E-state index is 0.0155. The number of benzene rings is 1. The minimum Gasteiger partial charge on any atom is -0.460 e. The predicted molar refractivity (Wildman–Crippen MR) is 124 cm³/mol. The SMILES string of the molecule is C=CCOC(=O)C1=C(C)NC(C)=C(C(=O)OCC=C)C1c1ccc(-c2cccc([N+](=O)[O-])c2)o1. The highest BCUT2D eigenvalue weighted by Crippen LogP contribution is 2.41. The number of ether oxygens (including phenoxy) is 2. The number of dihydropyridines is 1. The number of nitro benzene ring substituents is 1. The maximum Gasteiger partial charge on any atom is 0.337 e. The van der Waals surface area contributed by atoms with Crippen LogP contribution in [0.4, 0.5) is 5.69 Å². The first-order valence-electron chi connectivity index (χ1n) is 10.4. The topological polar surface area (TPSA) is 121 Å². The van der Waals surface area contributed by atoms with Gasteiger partial charge in [0.1, 0.15) is 24.7 Å². The summed E-state index contributed by atoms with van der Waals surface area (Å²) in [7, 11) is 0. The number of non-ortho nitro benzene ring substituents is 1. The molecule has 1 aromatic heterocycles. The van der Waals surface area contributed by atoms with Crippen molar-refractivity contribution in [2.24, 2.45) is 0 Å². The maximum absolute atomic E-state index is 13.0. The van der Waals surface area contributed by atoms with Crippen molar-refractivity contribution in [2.45, 2.75) is 19.8 Å². The van der Waals surface area contributed by atoms with Gasteiger partial charge in [0.05, 0.1) is 22.0 Å². The summed E-state index contributed by atoms with van der Waals surface area (Å²) in [4.78, 5) is 36.6. The van der Waals surface area contributed by atoms with E-state index in [1.165, 1.54) is 24.3 Å². The van der Waals surface area contributed by atoms with Crippen LogP contribution in [0.1, 0.15) is 25.5 Å². The minimum atomic E-state index is -0.927. The molecule has 0 saturated heterocycles. The van der Waals surface area contributed by atoms with Crippen molar-refractivity contribution in [3.63, 3.8) is 0 Å². The van der Waals surface area contributed by atoms with Crippen molar-refractivity contribution >= 4 is 17.6 Å². The number of rotatable bonds is 9. The Bertz CT molecular complexity index is 1170. The number of carbonyl (C=O) groups excluding carboxylic acids is 2. The lowest BCUT2D eigenvalue weighted by molar-refractivity contribution is -0.384. The molecule has 1 aromatic carbocycles. The number of carbonyl (C=O) groups is 2. The van der Waals surface area contributed by atoms with Gasteiger partial charge >= 0.3 is 11.9 Å². The summed E-state index contributed by atoms with van der Waals surface area (Å²) in [6, 6.07) is 9.21. The number of nitro groups is 1. The monoisotopic (exact) mass is 464 g/mol. The molecule has 0 atom stereocenters. The smallest absolute Gasteiger partial charge is 0.337 e. The standard InChI is InChI=1S/C25H24N2O7/c1-5-12-32-24(28)21-15(3)26-16(4)22(25(29)33-13-6-2)23(21)20-11-10-19(34-20)17-8-7-9-18(14-17)27(30)31/h5-11,14,23,26H,1-2,12-13H2,3-4H3. The molecule has 0 fully saturated rings. The van der Waals surface area contributed by atoms with Gasteiger partial charge in [0.25, 0.3) is 5.69 Å². The van der Waals surface area contributed by atoms with Gasteiger partial charge in [-0.05, 0) is 26.0 Å². The van der Waals surface area contributed by atoms with E-state index in [1.807, 2.05) is 0 Å². The number of hydrogen-bond donors (Lipinski definition) is 1. The summed E-state index contributed by atoms with van der Waals surface area (Å²) >= 11 is 0. The fraction of sp³-hybridized carbons (Fsp3) is 0.200. The molecule has 0 spiro atoms. The third kappa shape index (κ3) is 4.98. The molecule has 1 aliphatic rings. The number of esters is 2. The summed E-state index contributed by atoms with van der Waals surface area (Å²) in [5.41, 5.74) is 1.72. The Balaban J connectivity index is 2.11. The van der Waals surface area contributed by atoms with E-state index in [2.05, 4.69) is 18.5 Å². The van der Waals surface area contributed by atoms with Crippen molar-refractivity contribution < 1.29 is 28.4 Å². The molecule has 3 rings (SSSR count). The van der Waals surface area contributed by atoms with Crippen LogP contribution in [0.5, 0.6) is 0 Å². The molecule has 176 valence electrons. The zero-order chi connectivity index (χ0) is 24.8. The maximum atomic E-state index is 13.0. The molecule has 1 aliphatic heterocycles. The number of nitrogens with zero attached hydrogens (tertiary/aromatic N) is 1. The lowest BCUT2D eigenvalue weighted by atomic mass is 9.83. The normalized spacial score (nSPS) is 13.8. The molecule has 9 nitrogen and oxygen atoms in total. The molecule has 2 aromatic rings. The highest BCUT2D eigenvalue weighted by molar-refractivity contribution is 5.99. The molecule has 0 amide bonds. The molecule has 0 unspecified atom stereocenters. The number of furan rings is 1. The Morgan fingerprint density at radius 2 is 1.65 bits per heavy atom. The van der Waals surface area contributed by atoms with Crippen molar-refractivity contribution in [1.29, 1.82) is 0 Å². The summed E-state index contributed by atoms with van der Waals surface area (Å²) in [5, 5.41) is 14.2. The average molecular weight is 464 g/mol. The Morgan fingerprint density at radius 3 is 2.18 bits per heavy atom. The highest BCUT2D eigenvalue weighted by Gasteiger charge is 2.40. The van der Waals surface area contributed by atoms with Gasteiger partial charge in [-0.25, -0.2) is 9.59 Å². The Morgan fingerprint density at radius 1 is 1.06 bits per heavy atom. The van der Waals surface area contributed by atoms with Crippen LogP contribution < -0.4 is 5.32 Å². The Hall–Kier alpha value is -4.40. The molecule has 1 N–H and O–H groups in total. The van der Waals surface area contributed by atoms with E-state index < -0.39 is 22.8 Å². The molecule has 9 heteroatoms. The van der Waals surface area contributed by atoms with Gasteiger partial charge in [0.2, 0.25) is 0 Å². The molecule has 2 heterocycles. The predicted octanol–water partition coefficient (Wildman–Crippen LogP) is 4.55. The van der Waals surface area contributed by atoms with Gasteiger partial charge in [0.15, 0.2) is 0 Å². The zero-order valence-corrected chi connectivity index (χ0v) is 18.8. The fourth-order valence-corrected chi connectivity index (χ4v) is 3.68. The van der Waals surface area contributed by atoms with Crippen LogP contribution in [-0.4, -0.2) is 30.1 Å². The lowest BCUT2D eigenvalue weighted by Gasteiger charge is -2.29.